The first kappa shape index (κ1) is 8.77. The van der Waals surface area contributed by atoms with E-state index in [1.807, 2.05) is 0 Å². The quantitative estimate of drug-likeness (QED) is 0.744. The lowest BCUT2D eigenvalue weighted by Crippen LogP contribution is -2.16. The number of aromatic nitrogens is 1. The largest absolute Gasteiger partial charge is 0.464 e. The molecule has 14 heavy (non-hydrogen) atoms. The summed E-state index contributed by atoms with van der Waals surface area (Å²) < 4.78 is 5.21. The number of pyridine rings is 1. The minimum Gasteiger partial charge on any atom is -0.464 e. The minimum atomic E-state index is -0.165. The van der Waals surface area contributed by atoms with Gasteiger partial charge in [0.25, 0.3) is 5.56 Å². The van der Waals surface area contributed by atoms with E-state index in [4.69, 9.17) is 10.2 Å². The zero-order chi connectivity index (χ0) is 9.97. The van der Waals surface area contributed by atoms with Crippen LogP contribution in [-0.2, 0) is 6.54 Å². The molecule has 0 saturated carbocycles. The summed E-state index contributed by atoms with van der Waals surface area (Å²) in [4.78, 5) is 14.0. The molecule has 3 N–H and O–H groups in total. The van der Waals surface area contributed by atoms with E-state index >= 15 is 0 Å². The Morgan fingerprint density at radius 2 is 2.29 bits per heavy atom. The smallest absolute Gasteiger partial charge is 0.253 e. The Hall–Kier alpha value is -1.81. The molecule has 0 amide bonds. The van der Waals surface area contributed by atoms with E-state index in [2.05, 4.69) is 4.98 Å². The molecule has 0 aromatic carbocycles. The fraction of sp³-hybridized carbons (Fsp3) is 0.100. The molecule has 0 aliphatic carbocycles. The monoisotopic (exact) mass is 190 g/mol. The second kappa shape index (κ2) is 3.51. The van der Waals surface area contributed by atoms with Gasteiger partial charge in [0.1, 0.15) is 5.76 Å². The molecular formula is C10H10N2O2. The van der Waals surface area contributed by atoms with Crippen LogP contribution in [0.25, 0.3) is 11.3 Å². The number of rotatable bonds is 2. The Morgan fingerprint density at radius 1 is 1.43 bits per heavy atom. The Bertz CT molecular complexity index is 471. The number of H-pyrrole nitrogens is 1. The highest BCUT2D eigenvalue weighted by molar-refractivity contribution is 5.60. The topological polar surface area (TPSA) is 72.0 Å². The summed E-state index contributed by atoms with van der Waals surface area (Å²) in [6, 6.07) is 5.35. The summed E-state index contributed by atoms with van der Waals surface area (Å²) in [6.45, 7) is 0.201. The molecule has 0 fully saturated rings. The Labute approximate surface area is 80.4 Å². The summed E-state index contributed by atoms with van der Waals surface area (Å²) >= 11 is 0. The highest BCUT2D eigenvalue weighted by atomic mass is 16.3. The van der Waals surface area contributed by atoms with Gasteiger partial charge in [-0.3, -0.25) is 4.79 Å². The van der Waals surface area contributed by atoms with E-state index in [1.165, 1.54) is 0 Å². The van der Waals surface area contributed by atoms with E-state index in [0.717, 1.165) is 5.56 Å². The van der Waals surface area contributed by atoms with Crippen LogP contribution in [0.1, 0.15) is 5.56 Å². The van der Waals surface area contributed by atoms with Crippen molar-refractivity contribution < 1.29 is 4.42 Å². The normalized spacial score (nSPS) is 10.4. The fourth-order valence-corrected chi connectivity index (χ4v) is 1.38. The molecule has 2 aromatic heterocycles. The second-order valence-corrected chi connectivity index (χ2v) is 2.88. The van der Waals surface area contributed by atoms with Crippen LogP contribution in [0.4, 0.5) is 0 Å². The van der Waals surface area contributed by atoms with Crippen molar-refractivity contribution in [2.75, 3.05) is 0 Å². The number of hydrogen-bond donors (Lipinski definition) is 2. The lowest BCUT2D eigenvalue weighted by Gasteiger charge is -2.02. The zero-order valence-corrected chi connectivity index (χ0v) is 7.49. The molecule has 0 atom stereocenters. The summed E-state index contributed by atoms with van der Waals surface area (Å²) in [7, 11) is 0. The van der Waals surface area contributed by atoms with E-state index < -0.39 is 0 Å². The first-order valence-electron chi connectivity index (χ1n) is 4.27. The van der Waals surface area contributed by atoms with Crippen LogP contribution in [0.5, 0.6) is 0 Å². The van der Waals surface area contributed by atoms with E-state index in [9.17, 15) is 4.79 Å². The summed E-state index contributed by atoms with van der Waals surface area (Å²) in [5.41, 5.74) is 6.63. The van der Waals surface area contributed by atoms with Gasteiger partial charge in [0.2, 0.25) is 0 Å². The molecule has 0 saturated heterocycles. The number of furan rings is 1. The van der Waals surface area contributed by atoms with Gasteiger partial charge in [-0.25, -0.2) is 0 Å². The molecule has 0 bridgehead atoms. The zero-order valence-electron chi connectivity index (χ0n) is 7.49. The molecule has 0 unspecified atom stereocenters. The van der Waals surface area contributed by atoms with Crippen molar-refractivity contribution in [2.45, 2.75) is 6.54 Å². The average Bonchev–Trinajstić information content (AvgIpc) is 2.70. The molecule has 0 aliphatic rings. The molecule has 2 aromatic rings. The van der Waals surface area contributed by atoms with Gasteiger partial charge in [0.15, 0.2) is 0 Å². The predicted octanol–water partition coefficient (Wildman–Crippen LogP) is 1.09. The molecule has 72 valence electrons. The van der Waals surface area contributed by atoms with Crippen molar-refractivity contribution in [3.63, 3.8) is 0 Å². The Kier molecular flexibility index (Phi) is 2.20. The van der Waals surface area contributed by atoms with E-state index in [1.54, 1.807) is 30.7 Å². The predicted molar refractivity (Wildman–Crippen MR) is 52.7 cm³/mol. The number of nitrogens with one attached hydrogen (secondary N) is 1. The lowest BCUT2D eigenvalue weighted by atomic mass is 10.1. The Morgan fingerprint density at radius 3 is 2.93 bits per heavy atom. The molecule has 0 aliphatic heterocycles. The molecule has 2 rings (SSSR count). The number of hydrogen-bond acceptors (Lipinski definition) is 3. The van der Waals surface area contributed by atoms with Crippen molar-refractivity contribution in [3.8, 4) is 11.3 Å². The van der Waals surface area contributed by atoms with Gasteiger partial charge < -0.3 is 15.1 Å². The van der Waals surface area contributed by atoms with Gasteiger partial charge in [-0.2, -0.15) is 0 Å². The molecule has 4 heteroatoms. The maximum Gasteiger partial charge on any atom is 0.253 e. The maximum absolute atomic E-state index is 11.4. The van der Waals surface area contributed by atoms with Crippen molar-refractivity contribution in [3.05, 3.63) is 46.6 Å². The van der Waals surface area contributed by atoms with Crippen LogP contribution in [0, 0.1) is 0 Å². The number of aromatic amines is 1. The van der Waals surface area contributed by atoms with Crippen LogP contribution in [-0.4, -0.2) is 4.98 Å². The van der Waals surface area contributed by atoms with Gasteiger partial charge in [0, 0.05) is 23.9 Å². The Balaban J connectivity index is 2.64. The fourth-order valence-electron chi connectivity index (χ4n) is 1.38. The van der Waals surface area contributed by atoms with E-state index in [0.29, 0.717) is 11.3 Å². The SMILES string of the molecule is NCc1c(-c2ccco2)cc[nH]c1=O. The first-order valence-corrected chi connectivity index (χ1v) is 4.27. The van der Waals surface area contributed by atoms with Gasteiger partial charge in [-0.1, -0.05) is 0 Å². The van der Waals surface area contributed by atoms with Crippen LogP contribution < -0.4 is 11.3 Å². The minimum absolute atomic E-state index is 0.165. The standard InChI is InChI=1S/C10H10N2O2/c11-6-8-7(3-4-12-10(8)13)9-2-1-5-14-9/h1-5H,6,11H2,(H,12,13). The molecule has 0 radical (unpaired) electrons. The van der Waals surface area contributed by atoms with E-state index in [-0.39, 0.29) is 12.1 Å². The van der Waals surface area contributed by atoms with Crippen LogP contribution in [0.15, 0.2) is 39.9 Å². The summed E-state index contributed by atoms with van der Waals surface area (Å²) in [5.74, 6) is 0.663. The van der Waals surface area contributed by atoms with Crippen molar-refractivity contribution in [2.24, 2.45) is 5.73 Å². The third kappa shape index (κ3) is 1.36. The second-order valence-electron chi connectivity index (χ2n) is 2.88. The van der Waals surface area contributed by atoms with Crippen molar-refractivity contribution >= 4 is 0 Å². The van der Waals surface area contributed by atoms with Crippen LogP contribution >= 0.6 is 0 Å². The third-order valence-corrected chi connectivity index (χ3v) is 2.05. The van der Waals surface area contributed by atoms with Crippen molar-refractivity contribution in [1.29, 1.82) is 0 Å². The summed E-state index contributed by atoms with van der Waals surface area (Å²) in [6.07, 6.45) is 3.15. The highest BCUT2D eigenvalue weighted by Crippen LogP contribution is 2.20. The van der Waals surface area contributed by atoms with Crippen LogP contribution in [0.3, 0.4) is 0 Å². The van der Waals surface area contributed by atoms with Gasteiger partial charge >= 0.3 is 0 Å². The molecule has 4 nitrogen and oxygen atoms in total. The van der Waals surface area contributed by atoms with Crippen molar-refractivity contribution in [1.82, 2.24) is 4.98 Å². The summed E-state index contributed by atoms with van der Waals surface area (Å²) in [5, 5.41) is 0. The third-order valence-electron chi connectivity index (χ3n) is 2.05. The van der Waals surface area contributed by atoms with Crippen LogP contribution in [0.2, 0.25) is 0 Å². The van der Waals surface area contributed by atoms with Gasteiger partial charge in [0.05, 0.1) is 6.26 Å². The van der Waals surface area contributed by atoms with Gasteiger partial charge in [-0.15, -0.1) is 0 Å². The molecule has 0 spiro atoms. The highest BCUT2D eigenvalue weighted by Gasteiger charge is 2.08. The molecule has 2 heterocycles. The average molecular weight is 190 g/mol. The number of nitrogens with two attached hydrogens (primary N) is 1. The first-order chi connectivity index (χ1) is 6.83. The maximum atomic E-state index is 11.4. The van der Waals surface area contributed by atoms with Gasteiger partial charge in [-0.05, 0) is 18.2 Å². The lowest BCUT2D eigenvalue weighted by molar-refractivity contribution is 0.581. The molecular weight excluding hydrogens is 180 g/mol.